The molecular weight excluding hydrogens is 229 g/mol. The van der Waals surface area contributed by atoms with E-state index in [9.17, 15) is 4.39 Å². The Hall–Kier alpha value is -1.68. The van der Waals surface area contributed by atoms with Gasteiger partial charge in [-0.1, -0.05) is 17.7 Å². The molecule has 0 aliphatic rings. The summed E-state index contributed by atoms with van der Waals surface area (Å²) in [6.45, 7) is 1.94. The maximum absolute atomic E-state index is 13.7. The number of nitrogens with zero attached hydrogens (tertiary/aromatic N) is 2. The molecule has 96 valence electrons. The van der Waals surface area contributed by atoms with Crippen LogP contribution in [0.3, 0.4) is 0 Å². The summed E-state index contributed by atoms with van der Waals surface area (Å²) in [5.74, 6) is -0.224. The van der Waals surface area contributed by atoms with E-state index in [2.05, 4.69) is 5.10 Å². The Morgan fingerprint density at radius 3 is 2.83 bits per heavy atom. The first kappa shape index (κ1) is 12.8. The molecule has 1 atom stereocenters. The molecule has 0 saturated heterocycles. The molecule has 2 aromatic rings. The third-order valence-corrected chi connectivity index (χ3v) is 3.18. The summed E-state index contributed by atoms with van der Waals surface area (Å²) in [6, 6.07) is 6.74. The minimum absolute atomic E-state index is 0.224. The van der Waals surface area contributed by atoms with Crippen LogP contribution in [0.2, 0.25) is 0 Å². The van der Waals surface area contributed by atoms with Crippen molar-refractivity contribution in [1.82, 2.24) is 9.78 Å². The molecular formula is C14H18FN3. The lowest BCUT2D eigenvalue weighted by molar-refractivity contribution is 0.555. The molecule has 0 bridgehead atoms. The number of hydrogen-bond donors (Lipinski definition) is 1. The molecule has 1 aromatic carbocycles. The van der Waals surface area contributed by atoms with E-state index in [4.69, 9.17) is 5.73 Å². The Morgan fingerprint density at radius 2 is 2.17 bits per heavy atom. The molecule has 0 amide bonds. The fraction of sp³-hybridized carbons (Fsp3) is 0.357. The molecule has 0 aliphatic carbocycles. The molecule has 4 heteroatoms. The number of hydrogen-bond acceptors (Lipinski definition) is 2. The quantitative estimate of drug-likeness (QED) is 0.902. The molecule has 0 fully saturated rings. The van der Waals surface area contributed by atoms with E-state index in [1.807, 2.05) is 30.8 Å². The number of benzene rings is 1. The molecule has 0 radical (unpaired) electrons. The zero-order valence-electron chi connectivity index (χ0n) is 10.7. The highest BCUT2D eigenvalue weighted by molar-refractivity contribution is 5.26. The average Bonchev–Trinajstić information content (AvgIpc) is 2.75. The minimum Gasteiger partial charge on any atom is -0.324 e. The van der Waals surface area contributed by atoms with Crippen LogP contribution in [0.15, 0.2) is 30.5 Å². The summed E-state index contributed by atoms with van der Waals surface area (Å²) in [6.07, 6.45) is 3.26. The van der Waals surface area contributed by atoms with Gasteiger partial charge in [0.25, 0.3) is 0 Å². The average molecular weight is 247 g/mol. The van der Waals surface area contributed by atoms with Crippen LogP contribution in [0, 0.1) is 12.7 Å². The highest BCUT2D eigenvalue weighted by atomic mass is 19.1. The highest BCUT2D eigenvalue weighted by Crippen LogP contribution is 2.20. The van der Waals surface area contributed by atoms with Crippen LogP contribution in [0.4, 0.5) is 4.39 Å². The molecule has 0 saturated carbocycles. The molecule has 0 spiro atoms. The van der Waals surface area contributed by atoms with E-state index in [1.165, 1.54) is 6.07 Å². The number of rotatable bonds is 4. The molecule has 2 N–H and O–H groups in total. The van der Waals surface area contributed by atoms with Crippen molar-refractivity contribution in [3.8, 4) is 0 Å². The van der Waals surface area contributed by atoms with E-state index in [0.29, 0.717) is 12.0 Å². The first-order chi connectivity index (χ1) is 8.58. The van der Waals surface area contributed by atoms with Gasteiger partial charge < -0.3 is 5.73 Å². The molecule has 0 aliphatic heterocycles. The van der Waals surface area contributed by atoms with Crippen LogP contribution in [0.5, 0.6) is 0 Å². The SMILES string of the molecule is Cc1ccc(F)c(C(N)CCc2ccnn2C)c1. The van der Waals surface area contributed by atoms with Crippen LogP contribution in [0.1, 0.15) is 29.3 Å². The third kappa shape index (κ3) is 2.76. The zero-order chi connectivity index (χ0) is 13.1. The number of aryl methyl sites for hydroxylation is 3. The van der Waals surface area contributed by atoms with Crippen molar-refractivity contribution < 1.29 is 4.39 Å². The van der Waals surface area contributed by atoms with Gasteiger partial charge >= 0.3 is 0 Å². The summed E-state index contributed by atoms with van der Waals surface area (Å²) < 4.78 is 15.5. The largest absolute Gasteiger partial charge is 0.324 e. The Labute approximate surface area is 106 Å². The van der Waals surface area contributed by atoms with E-state index in [-0.39, 0.29) is 11.9 Å². The summed E-state index contributed by atoms with van der Waals surface area (Å²) in [5.41, 5.74) is 8.80. The molecule has 3 nitrogen and oxygen atoms in total. The van der Waals surface area contributed by atoms with Crippen LogP contribution >= 0.6 is 0 Å². The van der Waals surface area contributed by atoms with Crippen molar-refractivity contribution in [3.63, 3.8) is 0 Å². The zero-order valence-corrected chi connectivity index (χ0v) is 10.7. The van der Waals surface area contributed by atoms with Crippen molar-refractivity contribution in [2.45, 2.75) is 25.8 Å². The van der Waals surface area contributed by atoms with Gasteiger partial charge in [-0.3, -0.25) is 4.68 Å². The maximum Gasteiger partial charge on any atom is 0.127 e. The van der Waals surface area contributed by atoms with Gasteiger partial charge in [-0.2, -0.15) is 5.10 Å². The summed E-state index contributed by atoms with van der Waals surface area (Å²) in [7, 11) is 1.90. The van der Waals surface area contributed by atoms with Crippen LogP contribution < -0.4 is 5.73 Å². The molecule has 18 heavy (non-hydrogen) atoms. The second-order valence-electron chi connectivity index (χ2n) is 4.62. The monoisotopic (exact) mass is 247 g/mol. The van der Waals surface area contributed by atoms with Crippen LogP contribution in [-0.2, 0) is 13.5 Å². The van der Waals surface area contributed by atoms with E-state index in [0.717, 1.165) is 17.7 Å². The molecule has 1 unspecified atom stereocenters. The molecule has 1 aromatic heterocycles. The van der Waals surface area contributed by atoms with Crippen molar-refractivity contribution in [1.29, 1.82) is 0 Å². The molecule has 1 heterocycles. The predicted molar refractivity (Wildman–Crippen MR) is 69.6 cm³/mol. The summed E-state index contributed by atoms with van der Waals surface area (Å²) in [5, 5.41) is 4.10. The number of halogens is 1. The Kier molecular flexibility index (Phi) is 3.77. The van der Waals surface area contributed by atoms with Crippen molar-refractivity contribution >= 4 is 0 Å². The summed E-state index contributed by atoms with van der Waals surface area (Å²) in [4.78, 5) is 0. The highest BCUT2D eigenvalue weighted by Gasteiger charge is 2.12. The Balaban J connectivity index is 2.06. The van der Waals surface area contributed by atoms with Gasteiger partial charge in [0.05, 0.1) is 0 Å². The van der Waals surface area contributed by atoms with E-state index >= 15 is 0 Å². The Morgan fingerprint density at radius 1 is 1.39 bits per heavy atom. The predicted octanol–water partition coefficient (Wildman–Crippen LogP) is 2.50. The maximum atomic E-state index is 13.7. The van der Waals surface area contributed by atoms with Crippen LogP contribution in [0.25, 0.3) is 0 Å². The van der Waals surface area contributed by atoms with Crippen LogP contribution in [-0.4, -0.2) is 9.78 Å². The fourth-order valence-corrected chi connectivity index (χ4v) is 2.05. The normalized spacial score (nSPS) is 12.7. The van der Waals surface area contributed by atoms with Gasteiger partial charge in [-0.15, -0.1) is 0 Å². The lowest BCUT2D eigenvalue weighted by Gasteiger charge is -2.13. The minimum atomic E-state index is -0.278. The van der Waals surface area contributed by atoms with E-state index in [1.54, 1.807) is 12.3 Å². The van der Waals surface area contributed by atoms with Gasteiger partial charge in [0.1, 0.15) is 5.82 Å². The van der Waals surface area contributed by atoms with Crippen molar-refractivity contribution in [3.05, 3.63) is 53.1 Å². The van der Waals surface area contributed by atoms with Gasteiger partial charge in [0, 0.05) is 30.5 Å². The standard InChI is InChI=1S/C14H18FN3/c1-10-3-5-13(15)12(9-10)14(16)6-4-11-7-8-17-18(11)2/h3,5,7-9,14H,4,6,16H2,1-2H3. The second kappa shape index (κ2) is 5.31. The van der Waals surface area contributed by atoms with Crippen molar-refractivity contribution in [2.75, 3.05) is 0 Å². The molecule has 2 rings (SSSR count). The smallest absolute Gasteiger partial charge is 0.127 e. The summed E-state index contributed by atoms with van der Waals surface area (Å²) >= 11 is 0. The van der Waals surface area contributed by atoms with Gasteiger partial charge in [0.15, 0.2) is 0 Å². The number of aromatic nitrogens is 2. The lowest BCUT2D eigenvalue weighted by Crippen LogP contribution is -2.14. The van der Waals surface area contributed by atoms with Gasteiger partial charge in [-0.25, -0.2) is 4.39 Å². The topological polar surface area (TPSA) is 43.8 Å². The van der Waals surface area contributed by atoms with Gasteiger partial charge in [-0.05, 0) is 31.9 Å². The first-order valence-corrected chi connectivity index (χ1v) is 6.06. The van der Waals surface area contributed by atoms with E-state index < -0.39 is 0 Å². The first-order valence-electron chi connectivity index (χ1n) is 6.06. The fourth-order valence-electron chi connectivity index (χ4n) is 2.05. The van der Waals surface area contributed by atoms with Crippen molar-refractivity contribution in [2.24, 2.45) is 12.8 Å². The third-order valence-electron chi connectivity index (χ3n) is 3.18. The number of nitrogens with two attached hydrogens (primary N) is 1. The van der Waals surface area contributed by atoms with Gasteiger partial charge in [0.2, 0.25) is 0 Å². The lowest BCUT2D eigenvalue weighted by atomic mass is 9.99. The Bertz CT molecular complexity index is 534. The second-order valence-corrected chi connectivity index (χ2v) is 4.62.